The lowest BCUT2D eigenvalue weighted by Gasteiger charge is -2.16. The lowest BCUT2D eigenvalue weighted by Crippen LogP contribution is -2.09. The third kappa shape index (κ3) is 3.03. The van der Waals surface area contributed by atoms with E-state index in [2.05, 4.69) is 10.3 Å². The molecule has 1 unspecified atom stereocenters. The van der Waals surface area contributed by atoms with Gasteiger partial charge in [0.15, 0.2) is 0 Å². The highest BCUT2D eigenvalue weighted by Crippen LogP contribution is 2.23. The summed E-state index contributed by atoms with van der Waals surface area (Å²) in [6.07, 6.45) is 1.25. The highest BCUT2D eigenvalue weighted by Gasteiger charge is 2.12. The molecule has 1 heterocycles. The highest BCUT2D eigenvalue weighted by atomic mass is 16.6. The first kappa shape index (κ1) is 13.8. The second kappa shape index (κ2) is 5.56. The number of nitro groups is 1. The molecule has 6 heteroatoms. The zero-order valence-corrected chi connectivity index (χ0v) is 11.3. The fraction of sp³-hybridized carbons (Fsp3) is 0.214. The highest BCUT2D eigenvalue weighted by molar-refractivity contribution is 5.50. The Hall–Kier alpha value is -2.63. The molecular weight excluding hydrogens is 256 g/mol. The number of nitrogens with two attached hydrogens (primary N) is 1. The topological polar surface area (TPSA) is 94.1 Å². The van der Waals surface area contributed by atoms with Gasteiger partial charge in [-0.3, -0.25) is 10.1 Å². The first-order valence-electron chi connectivity index (χ1n) is 6.20. The molecule has 3 N–H and O–H groups in total. The predicted octanol–water partition coefficient (Wildman–Crippen LogP) is 3.05. The number of nitrogen functional groups attached to an aromatic ring is 1. The van der Waals surface area contributed by atoms with Crippen LogP contribution in [0.4, 0.5) is 17.2 Å². The summed E-state index contributed by atoms with van der Waals surface area (Å²) >= 11 is 0. The minimum absolute atomic E-state index is 0.00631. The summed E-state index contributed by atoms with van der Waals surface area (Å²) in [7, 11) is 0. The Bertz CT molecular complexity index is 626. The second-order valence-corrected chi connectivity index (χ2v) is 4.65. The summed E-state index contributed by atoms with van der Waals surface area (Å²) in [5, 5.41) is 13.9. The van der Waals surface area contributed by atoms with Crippen molar-refractivity contribution in [3.8, 4) is 0 Å². The zero-order valence-electron chi connectivity index (χ0n) is 11.3. The maximum atomic E-state index is 10.7. The van der Waals surface area contributed by atoms with Crippen LogP contribution in [0.3, 0.4) is 0 Å². The normalized spacial score (nSPS) is 11.9. The molecule has 0 aliphatic rings. The Morgan fingerprint density at radius 2 is 2.00 bits per heavy atom. The summed E-state index contributed by atoms with van der Waals surface area (Å²) < 4.78 is 0. The van der Waals surface area contributed by atoms with Crippen LogP contribution < -0.4 is 11.1 Å². The van der Waals surface area contributed by atoms with E-state index in [0.29, 0.717) is 11.5 Å². The first-order valence-corrected chi connectivity index (χ1v) is 6.20. The van der Waals surface area contributed by atoms with Gasteiger partial charge in [0.05, 0.1) is 4.92 Å². The number of aromatic nitrogens is 1. The van der Waals surface area contributed by atoms with Gasteiger partial charge >= 0.3 is 0 Å². The molecule has 1 atom stereocenters. The maximum Gasteiger partial charge on any atom is 0.287 e. The average Bonchev–Trinajstić information content (AvgIpc) is 2.41. The largest absolute Gasteiger partial charge is 0.399 e. The molecule has 2 rings (SSSR count). The van der Waals surface area contributed by atoms with Gasteiger partial charge in [-0.25, -0.2) is 4.98 Å². The molecule has 0 aliphatic carbocycles. The van der Waals surface area contributed by atoms with E-state index in [4.69, 9.17) is 5.73 Å². The van der Waals surface area contributed by atoms with Crippen LogP contribution in [0.2, 0.25) is 0 Å². The van der Waals surface area contributed by atoms with Gasteiger partial charge in [0.25, 0.3) is 5.69 Å². The Labute approximate surface area is 116 Å². The number of nitrogens with zero attached hydrogens (tertiary/aromatic N) is 2. The van der Waals surface area contributed by atoms with Crippen molar-refractivity contribution in [3.63, 3.8) is 0 Å². The Kier molecular flexibility index (Phi) is 3.84. The van der Waals surface area contributed by atoms with Crippen LogP contribution in [0.1, 0.15) is 24.1 Å². The standard InChI is InChI=1S/C14H16N4O2/c1-9-7-13(18(19)20)8-16-14(9)17-10(2)11-3-5-12(15)6-4-11/h3-8,10H,15H2,1-2H3,(H,16,17). The van der Waals surface area contributed by atoms with Gasteiger partial charge in [0, 0.05) is 17.8 Å². The van der Waals surface area contributed by atoms with Crippen molar-refractivity contribution in [1.29, 1.82) is 0 Å². The van der Waals surface area contributed by atoms with Crippen LogP contribution in [0.5, 0.6) is 0 Å². The summed E-state index contributed by atoms with van der Waals surface area (Å²) in [6.45, 7) is 3.78. The van der Waals surface area contributed by atoms with Gasteiger partial charge in [-0.15, -0.1) is 0 Å². The molecular formula is C14H16N4O2. The summed E-state index contributed by atoms with van der Waals surface area (Å²) in [6, 6.07) is 9.09. The molecule has 0 saturated carbocycles. The molecule has 0 amide bonds. The molecule has 1 aromatic carbocycles. The molecule has 0 spiro atoms. The molecule has 0 saturated heterocycles. The fourth-order valence-corrected chi connectivity index (χ4v) is 1.88. The smallest absolute Gasteiger partial charge is 0.287 e. The number of hydrogen-bond acceptors (Lipinski definition) is 5. The van der Waals surface area contributed by atoms with E-state index in [9.17, 15) is 10.1 Å². The van der Waals surface area contributed by atoms with E-state index in [1.165, 1.54) is 12.3 Å². The number of pyridine rings is 1. The van der Waals surface area contributed by atoms with Crippen LogP contribution in [0.15, 0.2) is 36.5 Å². The van der Waals surface area contributed by atoms with E-state index < -0.39 is 4.92 Å². The van der Waals surface area contributed by atoms with Crippen molar-refractivity contribution in [2.24, 2.45) is 0 Å². The average molecular weight is 272 g/mol. The monoisotopic (exact) mass is 272 g/mol. The molecule has 2 aromatic rings. The van der Waals surface area contributed by atoms with E-state index >= 15 is 0 Å². The van der Waals surface area contributed by atoms with Gasteiger partial charge < -0.3 is 11.1 Å². The van der Waals surface area contributed by atoms with Gasteiger partial charge in [0.1, 0.15) is 12.0 Å². The molecule has 0 aliphatic heterocycles. The van der Waals surface area contributed by atoms with Crippen molar-refractivity contribution in [3.05, 3.63) is 57.8 Å². The number of rotatable bonds is 4. The summed E-state index contributed by atoms with van der Waals surface area (Å²) in [5.41, 5.74) is 8.16. The van der Waals surface area contributed by atoms with Crippen molar-refractivity contribution >= 4 is 17.2 Å². The van der Waals surface area contributed by atoms with E-state index in [1.807, 2.05) is 31.2 Å². The minimum Gasteiger partial charge on any atom is -0.399 e. The Balaban J connectivity index is 2.17. The molecule has 6 nitrogen and oxygen atoms in total. The lowest BCUT2D eigenvalue weighted by molar-refractivity contribution is -0.385. The minimum atomic E-state index is -0.451. The van der Waals surface area contributed by atoms with Crippen molar-refractivity contribution in [1.82, 2.24) is 4.98 Å². The van der Waals surface area contributed by atoms with Crippen LogP contribution >= 0.6 is 0 Å². The molecule has 20 heavy (non-hydrogen) atoms. The quantitative estimate of drug-likeness (QED) is 0.506. The van der Waals surface area contributed by atoms with Gasteiger partial charge in [-0.1, -0.05) is 12.1 Å². The number of nitrogens with one attached hydrogen (secondary N) is 1. The molecule has 0 fully saturated rings. The van der Waals surface area contributed by atoms with Gasteiger partial charge in [-0.2, -0.15) is 0 Å². The third-order valence-corrected chi connectivity index (χ3v) is 3.06. The molecule has 1 aromatic heterocycles. The number of hydrogen-bond donors (Lipinski definition) is 2. The summed E-state index contributed by atoms with van der Waals surface area (Å²) in [5.74, 6) is 0.639. The Morgan fingerprint density at radius 1 is 1.35 bits per heavy atom. The Morgan fingerprint density at radius 3 is 2.55 bits per heavy atom. The van der Waals surface area contributed by atoms with Crippen LogP contribution in [0, 0.1) is 17.0 Å². The number of anilines is 2. The van der Waals surface area contributed by atoms with Crippen molar-refractivity contribution in [2.75, 3.05) is 11.1 Å². The zero-order chi connectivity index (χ0) is 14.7. The SMILES string of the molecule is Cc1cc([N+](=O)[O-])cnc1NC(C)c1ccc(N)cc1. The fourth-order valence-electron chi connectivity index (χ4n) is 1.88. The van der Waals surface area contributed by atoms with Crippen LogP contribution in [-0.2, 0) is 0 Å². The maximum absolute atomic E-state index is 10.7. The lowest BCUT2D eigenvalue weighted by atomic mass is 10.1. The summed E-state index contributed by atoms with van der Waals surface area (Å²) in [4.78, 5) is 14.3. The van der Waals surface area contributed by atoms with Gasteiger partial charge in [-0.05, 0) is 37.1 Å². The van der Waals surface area contributed by atoms with E-state index in [-0.39, 0.29) is 11.7 Å². The van der Waals surface area contributed by atoms with Crippen molar-refractivity contribution < 1.29 is 4.92 Å². The molecule has 0 bridgehead atoms. The number of aryl methyl sites for hydroxylation is 1. The van der Waals surface area contributed by atoms with E-state index in [1.54, 1.807) is 6.92 Å². The third-order valence-electron chi connectivity index (χ3n) is 3.06. The first-order chi connectivity index (χ1) is 9.47. The predicted molar refractivity (Wildman–Crippen MR) is 78.5 cm³/mol. The van der Waals surface area contributed by atoms with Crippen LogP contribution in [-0.4, -0.2) is 9.91 Å². The molecule has 0 radical (unpaired) electrons. The van der Waals surface area contributed by atoms with Crippen molar-refractivity contribution in [2.45, 2.75) is 19.9 Å². The number of benzene rings is 1. The van der Waals surface area contributed by atoms with Crippen LogP contribution in [0.25, 0.3) is 0 Å². The van der Waals surface area contributed by atoms with E-state index in [0.717, 1.165) is 11.1 Å². The second-order valence-electron chi connectivity index (χ2n) is 4.65. The molecule has 104 valence electrons. The van der Waals surface area contributed by atoms with Gasteiger partial charge in [0.2, 0.25) is 0 Å².